The van der Waals surface area contributed by atoms with Crippen LogP contribution in [-0.2, 0) is 4.79 Å². The van der Waals surface area contributed by atoms with Crippen LogP contribution in [0.5, 0.6) is 0 Å². The Labute approximate surface area is 182 Å². The van der Waals surface area contributed by atoms with Crippen molar-refractivity contribution in [3.63, 3.8) is 0 Å². The second-order valence-electron chi connectivity index (χ2n) is 6.63. The lowest BCUT2D eigenvalue weighted by Crippen LogP contribution is -2.34. The maximum absolute atomic E-state index is 13.8. The third kappa shape index (κ3) is 3.79. The maximum atomic E-state index is 13.8. The second-order valence-corrected chi connectivity index (χ2v) is 7.66. The molecule has 11 heteroatoms. The highest BCUT2D eigenvalue weighted by molar-refractivity contribution is 7.99. The third-order valence-electron chi connectivity index (χ3n) is 4.65. The van der Waals surface area contributed by atoms with Gasteiger partial charge in [-0.2, -0.15) is 0 Å². The molecule has 1 aliphatic heterocycles. The fourth-order valence-electron chi connectivity index (χ4n) is 3.11. The van der Waals surface area contributed by atoms with Crippen LogP contribution in [0.4, 0.5) is 33.3 Å². The molecule has 4 rings (SSSR count). The summed E-state index contributed by atoms with van der Waals surface area (Å²) < 4.78 is 67.5. The van der Waals surface area contributed by atoms with E-state index in [2.05, 4.69) is 4.98 Å². The lowest BCUT2D eigenvalue weighted by Gasteiger charge is -2.22. The molecular formula is C21H12F5N3O2S. The second kappa shape index (κ2) is 8.58. The Morgan fingerprint density at radius 3 is 2.31 bits per heavy atom. The van der Waals surface area contributed by atoms with Crippen LogP contribution >= 0.6 is 11.8 Å². The molecule has 0 unspecified atom stereocenters. The van der Waals surface area contributed by atoms with Crippen LogP contribution in [0.2, 0.25) is 0 Å². The average molecular weight is 465 g/mol. The molecule has 0 aliphatic carbocycles. The van der Waals surface area contributed by atoms with Crippen molar-refractivity contribution >= 4 is 35.0 Å². The summed E-state index contributed by atoms with van der Waals surface area (Å²) in [6.45, 7) is -0.216. The molecule has 0 bridgehead atoms. The SMILES string of the molecule is O=C(CCN1C(=O)c2cccnc2Sc2ccccc21)Nc1c(F)c(F)c(F)c(F)c1F. The quantitative estimate of drug-likeness (QED) is 0.338. The minimum atomic E-state index is -2.32. The Kier molecular flexibility index (Phi) is 5.83. The van der Waals surface area contributed by atoms with Crippen molar-refractivity contribution < 1.29 is 31.5 Å². The van der Waals surface area contributed by atoms with E-state index < -0.39 is 53.0 Å². The van der Waals surface area contributed by atoms with E-state index in [-0.39, 0.29) is 6.54 Å². The number of amides is 2. The molecular weight excluding hydrogens is 453 g/mol. The van der Waals surface area contributed by atoms with Gasteiger partial charge in [0.05, 0.1) is 11.3 Å². The number of nitrogens with zero attached hydrogens (tertiary/aromatic N) is 2. The summed E-state index contributed by atoms with van der Waals surface area (Å²) in [5.41, 5.74) is -0.655. The average Bonchev–Trinajstić information content (AvgIpc) is 2.92. The van der Waals surface area contributed by atoms with Crippen molar-refractivity contribution in [2.75, 3.05) is 16.8 Å². The molecule has 2 amide bonds. The van der Waals surface area contributed by atoms with Crippen molar-refractivity contribution in [3.05, 3.63) is 77.2 Å². The van der Waals surface area contributed by atoms with E-state index in [4.69, 9.17) is 0 Å². The Balaban J connectivity index is 1.59. The van der Waals surface area contributed by atoms with Gasteiger partial charge < -0.3 is 10.2 Å². The normalized spacial score (nSPS) is 12.8. The Bertz CT molecular complexity index is 1230. The van der Waals surface area contributed by atoms with E-state index in [1.54, 1.807) is 41.7 Å². The predicted molar refractivity (Wildman–Crippen MR) is 106 cm³/mol. The van der Waals surface area contributed by atoms with Crippen LogP contribution in [0.15, 0.2) is 52.5 Å². The summed E-state index contributed by atoms with van der Waals surface area (Å²) in [6.07, 6.45) is 1.06. The van der Waals surface area contributed by atoms with Gasteiger partial charge in [0.25, 0.3) is 5.91 Å². The molecule has 0 saturated heterocycles. The summed E-state index contributed by atoms with van der Waals surface area (Å²) in [4.78, 5) is 31.6. The van der Waals surface area contributed by atoms with Gasteiger partial charge in [-0.05, 0) is 24.3 Å². The summed E-state index contributed by atoms with van der Waals surface area (Å²) in [6, 6.07) is 10.0. The van der Waals surface area contributed by atoms with Gasteiger partial charge in [0.2, 0.25) is 11.7 Å². The molecule has 2 heterocycles. The van der Waals surface area contributed by atoms with E-state index in [0.717, 1.165) is 0 Å². The minimum absolute atomic E-state index is 0.216. The van der Waals surface area contributed by atoms with Crippen molar-refractivity contribution in [2.24, 2.45) is 0 Å². The number of para-hydroxylation sites is 1. The first-order valence-corrected chi connectivity index (χ1v) is 9.96. The van der Waals surface area contributed by atoms with Gasteiger partial charge in [-0.25, -0.2) is 26.9 Å². The Morgan fingerprint density at radius 1 is 0.938 bits per heavy atom. The minimum Gasteiger partial charge on any atom is -0.321 e. The van der Waals surface area contributed by atoms with Gasteiger partial charge in [0, 0.05) is 24.1 Å². The zero-order valence-electron chi connectivity index (χ0n) is 16.0. The highest BCUT2D eigenvalue weighted by atomic mass is 32.2. The number of hydrogen-bond donors (Lipinski definition) is 1. The van der Waals surface area contributed by atoms with Crippen LogP contribution in [0, 0.1) is 29.1 Å². The zero-order chi connectivity index (χ0) is 23.0. The molecule has 0 spiro atoms. The van der Waals surface area contributed by atoms with E-state index >= 15 is 0 Å². The molecule has 0 radical (unpaired) electrons. The first-order valence-electron chi connectivity index (χ1n) is 9.14. The van der Waals surface area contributed by atoms with E-state index in [1.807, 2.05) is 0 Å². The van der Waals surface area contributed by atoms with Gasteiger partial charge in [-0.3, -0.25) is 9.59 Å². The molecule has 3 aromatic rings. The largest absolute Gasteiger partial charge is 0.321 e. The number of pyridine rings is 1. The van der Waals surface area contributed by atoms with Gasteiger partial charge in [0.15, 0.2) is 23.3 Å². The van der Waals surface area contributed by atoms with E-state index in [0.29, 0.717) is 21.2 Å². The summed E-state index contributed by atoms with van der Waals surface area (Å²) >= 11 is 1.26. The van der Waals surface area contributed by atoms with Gasteiger partial charge in [-0.15, -0.1) is 0 Å². The number of benzene rings is 2. The Hall–Kier alpha value is -3.47. The number of anilines is 2. The number of nitrogens with one attached hydrogen (secondary N) is 1. The van der Waals surface area contributed by atoms with Crippen molar-refractivity contribution in [2.45, 2.75) is 16.3 Å². The number of halogens is 5. The summed E-state index contributed by atoms with van der Waals surface area (Å²) in [5.74, 6) is -12.5. The molecule has 2 aromatic carbocycles. The number of aromatic nitrogens is 1. The van der Waals surface area contributed by atoms with Crippen molar-refractivity contribution in [1.29, 1.82) is 0 Å². The summed E-state index contributed by atoms with van der Waals surface area (Å²) in [5, 5.41) is 2.18. The van der Waals surface area contributed by atoms with E-state index in [1.165, 1.54) is 22.9 Å². The van der Waals surface area contributed by atoms with Crippen LogP contribution in [0.25, 0.3) is 0 Å². The summed E-state index contributed by atoms with van der Waals surface area (Å²) in [7, 11) is 0. The maximum Gasteiger partial charge on any atom is 0.261 e. The van der Waals surface area contributed by atoms with Crippen LogP contribution in [0.3, 0.4) is 0 Å². The molecule has 1 aromatic heterocycles. The Morgan fingerprint density at radius 2 is 1.59 bits per heavy atom. The first-order chi connectivity index (χ1) is 15.3. The van der Waals surface area contributed by atoms with E-state index in [9.17, 15) is 31.5 Å². The van der Waals surface area contributed by atoms with Crippen molar-refractivity contribution in [3.8, 4) is 0 Å². The fraction of sp³-hybridized carbons (Fsp3) is 0.0952. The molecule has 1 aliphatic rings. The highest BCUT2D eigenvalue weighted by Gasteiger charge is 2.29. The number of hydrogen-bond acceptors (Lipinski definition) is 4. The number of fused-ring (bicyclic) bond motifs is 2. The molecule has 32 heavy (non-hydrogen) atoms. The first kappa shape index (κ1) is 21.8. The van der Waals surface area contributed by atoms with Gasteiger partial charge >= 0.3 is 0 Å². The lowest BCUT2D eigenvalue weighted by atomic mass is 10.2. The molecule has 0 saturated carbocycles. The van der Waals surface area contributed by atoms with Crippen molar-refractivity contribution in [1.82, 2.24) is 4.98 Å². The smallest absolute Gasteiger partial charge is 0.261 e. The van der Waals surface area contributed by atoms with Crippen LogP contribution in [0.1, 0.15) is 16.8 Å². The number of carbonyl (C=O) groups is 2. The predicted octanol–water partition coefficient (Wildman–Crippen LogP) is 4.92. The van der Waals surface area contributed by atoms with Gasteiger partial charge in [0.1, 0.15) is 10.7 Å². The lowest BCUT2D eigenvalue weighted by molar-refractivity contribution is -0.116. The van der Waals surface area contributed by atoms with Crippen LogP contribution in [-0.4, -0.2) is 23.3 Å². The monoisotopic (exact) mass is 465 g/mol. The molecule has 5 nitrogen and oxygen atoms in total. The van der Waals surface area contributed by atoms with Gasteiger partial charge in [-0.1, -0.05) is 23.9 Å². The topological polar surface area (TPSA) is 62.3 Å². The third-order valence-corrected chi connectivity index (χ3v) is 5.73. The molecule has 0 fully saturated rings. The highest BCUT2D eigenvalue weighted by Crippen LogP contribution is 2.40. The number of rotatable bonds is 4. The standard InChI is InChI=1S/C21H12F5N3O2S/c22-14-15(23)17(25)19(18(26)16(14)24)28-13(30)7-9-29-11-5-1-2-6-12(11)32-20-10(21(29)31)4-3-8-27-20/h1-6,8H,7,9H2,(H,28,30). The zero-order valence-corrected chi connectivity index (χ0v) is 16.8. The molecule has 1 N–H and O–H groups in total. The number of carbonyl (C=O) groups excluding carboxylic acids is 2. The molecule has 0 atom stereocenters. The fourth-order valence-corrected chi connectivity index (χ4v) is 4.13. The van der Waals surface area contributed by atoms with Crippen LogP contribution < -0.4 is 10.2 Å². The molecule has 164 valence electrons.